The van der Waals surface area contributed by atoms with Crippen LogP contribution < -0.4 is 11.1 Å². The number of hydrogen-bond donors (Lipinski definition) is 2. The van der Waals surface area contributed by atoms with Crippen LogP contribution in [0.15, 0.2) is 12.3 Å². The number of nitrogens with two attached hydrogens (primary N) is 1. The van der Waals surface area contributed by atoms with Crippen molar-refractivity contribution in [2.75, 3.05) is 25.9 Å². The van der Waals surface area contributed by atoms with Gasteiger partial charge in [-0.3, -0.25) is 4.79 Å². The number of pyridine rings is 1. The summed E-state index contributed by atoms with van der Waals surface area (Å²) in [7, 11) is 2.11. The molecule has 110 valence electrons. The maximum absolute atomic E-state index is 12.0. The van der Waals surface area contributed by atoms with Gasteiger partial charge in [0.1, 0.15) is 5.15 Å². The number of rotatable bonds is 5. The summed E-state index contributed by atoms with van der Waals surface area (Å²) in [4.78, 5) is 18.2. The van der Waals surface area contributed by atoms with E-state index in [-0.39, 0.29) is 11.1 Å². The molecular weight excluding hydrogens is 276 g/mol. The Morgan fingerprint density at radius 3 is 2.95 bits per heavy atom. The van der Waals surface area contributed by atoms with Crippen LogP contribution in [-0.4, -0.2) is 42.0 Å². The number of aromatic nitrogens is 1. The quantitative estimate of drug-likeness (QED) is 0.815. The van der Waals surface area contributed by atoms with Crippen molar-refractivity contribution in [2.45, 2.75) is 31.7 Å². The summed E-state index contributed by atoms with van der Waals surface area (Å²) in [6.45, 7) is 1.43. The number of carbonyl (C=O) groups is 1. The molecule has 5 nitrogen and oxygen atoms in total. The van der Waals surface area contributed by atoms with Gasteiger partial charge < -0.3 is 16.0 Å². The third-order valence-electron chi connectivity index (χ3n) is 3.80. The number of nitrogens with zero attached hydrogens (tertiary/aromatic N) is 2. The van der Waals surface area contributed by atoms with Crippen molar-refractivity contribution in [2.24, 2.45) is 0 Å². The third-order valence-corrected chi connectivity index (χ3v) is 4.10. The number of amides is 1. The van der Waals surface area contributed by atoms with Gasteiger partial charge in [0.05, 0.1) is 17.4 Å². The lowest BCUT2D eigenvalue weighted by molar-refractivity contribution is 0.0947. The number of nitrogen functional groups attached to an aromatic ring is 1. The monoisotopic (exact) mass is 296 g/mol. The van der Waals surface area contributed by atoms with Crippen LogP contribution in [0.3, 0.4) is 0 Å². The Balaban J connectivity index is 1.81. The summed E-state index contributed by atoms with van der Waals surface area (Å²) in [6, 6.07) is 2.20. The molecule has 0 spiro atoms. The first-order chi connectivity index (χ1) is 9.58. The second-order valence-electron chi connectivity index (χ2n) is 5.28. The van der Waals surface area contributed by atoms with Gasteiger partial charge in [0, 0.05) is 19.1 Å². The van der Waals surface area contributed by atoms with Crippen molar-refractivity contribution in [3.05, 3.63) is 23.0 Å². The number of likely N-dealkylation sites (N-methyl/N-ethyl adjacent to an activating group) is 1. The minimum absolute atomic E-state index is 0.181. The van der Waals surface area contributed by atoms with Gasteiger partial charge in [0.25, 0.3) is 5.91 Å². The largest absolute Gasteiger partial charge is 0.397 e. The van der Waals surface area contributed by atoms with Crippen LogP contribution in [0, 0.1) is 0 Å². The van der Waals surface area contributed by atoms with Gasteiger partial charge in [0.15, 0.2) is 0 Å². The lowest BCUT2D eigenvalue weighted by Gasteiger charge is -2.23. The van der Waals surface area contributed by atoms with Gasteiger partial charge >= 0.3 is 0 Å². The standard InChI is InChI=1S/C14H21ClN4O/c1-19(11-4-2-3-5-11)7-6-17-14(20)12-8-10(16)9-18-13(12)15/h8-9,11H,2-7,16H2,1H3,(H,17,20). The zero-order chi connectivity index (χ0) is 14.5. The van der Waals surface area contributed by atoms with Gasteiger partial charge in [-0.2, -0.15) is 0 Å². The van der Waals surface area contributed by atoms with E-state index in [1.165, 1.54) is 31.9 Å². The molecule has 1 aromatic heterocycles. The highest BCUT2D eigenvalue weighted by molar-refractivity contribution is 6.32. The molecule has 0 atom stereocenters. The molecule has 1 fully saturated rings. The summed E-state index contributed by atoms with van der Waals surface area (Å²) >= 11 is 5.90. The number of carbonyl (C=O) groups excluding carboxylic acids is 1. The topological polar surface area (TPSA) is 71.2 Å². The van der Waals surface area contributed by atoms with Gasteiger partial charge in [-0.1, -0.05) is 24.4 Å². The summed E-state index contributed by atoms with van der Waals surface area (Å²) < 4.78 is 0. The van der Waals surface area contributed by atoms with E-state index in [1.54, 1.807) is 6.07 Å². The predicted octanol–water partition coefficient (Wildman–Crippen LogP) is 1.92. The molecule has 20 heavy (non-hydrogen) atoms. The average molecular weight is 297 g/mol. The second-order valence-corrected chi connectivity index (χ2v) is 5.64. The second kappa shape index (κ2) is 6.90. The van der Waals surface area contributed by atoms with E-state index in [9.17, 15) is 4.79 Å². The van der Waals surface area contributed by atoms with Crippen LogP contribution in [0.2, 0.25) is 5.15 Å². The van der Waals surface area contributed by atoms with Crippen LogP contribution >= 0.6 is 11.6 Å². The van der Waals surface area contributed by atoms with E-state index < -0.39 is 0 Å². The Morgan fingerprint density at radius 1 is 1.55 bits per heavy atom. The molecule has 2 rings (SSSR count). The fourth-order valence-corrected chi connectivity index (χ4v) is 2.78. The Kier molecular flexibility index (Phi) is 5.20. The fourth-order valence-electron chi connectivity index (χ4n) is 2.59. The molecule has 0 bridgehead atoms. The summed E-state index contributed by atoms with van der Waals surface area (Å²) in [5.74, 6) is -0.227. The third kappa shape index (κ3) is 3.84. The van der Waals surface area contributed by atoms with Crippen molar-refractivity contribution in [3.63, 3.8) is 0 Å². The van der Waals surface area contributed by atoms with E-state index in [0.717, 1.165) is 6.54 Å². The van der Waals surface area contributed by atoms with Crippen molar-refractivity contribution in [3.8, 4) is 0 Å². The molecule has 1 heterocycles. The van der Waals surface area contributed by atoms with E-state index in [0.29, 0.717) is 23.8 Å². The molecule has 1 aromatic rings. The highest BCUT2D eigenvalue weighted by atomic mass is 35.5. The van der Waals surface area contributed by atoms with Crippen molar-refractivity contribution < 1.29 is 4.79 Å². The van der Waals surface area contributed by atoms with Crippen LogP contribution in [0.1, 0.15) is 36.0 Å². The minimum Gasteiger partial charge on any atom is -0.397 e. The molecule has 0 radical (unpaired) electrons. The van der Waals surface area contributed by atoms with Crippen LogP contribution in [0.5, 0.6) is 0 Å². The Hall–Kier alpha value is -1.33. The molecule has 1 saturated carbocycles. The minimum atomic E-state index is -0.227. The summed E-state index contributed by atoms with van der Waals surface area (Å²) in [5, 5.41) is 3.04. The maximum Gasteiger partial charge on any atom is 0.254 e. The van der Waals surface area contributed by atoms with E-state index in [2.05, 4.69) is 22.2 Å². The van der Waals surface area contributed by atoms with Gasteiger partial charge in [-0.15, -0.1) is 0 Å². The number of hydrogen-bond acceptors (Lipinski definition) is 4. The predicted molar refractivity (Wildman–Crippen MR) is 80.9 cm³/mol. The lowest BCUT2D eigenvalue weighted by atomic mass is 10.2. The van der Waals surface area contributed by atoms with Crippen LogP contribution in [0.4, 0.5) is 5.69 Å². The van der Waals surface area contributed by atoms with Crippen molar-refractivity contribution >= 4 is 23.2 Å². The van der Waals surface area contributed by atoms with Crippen molar-refractivity contribution in [1.82, 2.24) is 15.2 Å². The summed E-state index contributed by atoms with van der Waals surface area (Å²) in [6.07, 6.45) is 6.58. The molecule has 1 aliphatic rings. The van der Waals surface area contributed by atoms with Gasteiger partial charge in [-0.25, -0.2) is 4.98 Å². The molecule has 0 unspecified atom stereocenters. The Bertz CT molecular complexity index is 474. The number of nitrogens with one attached hydrogen (secondary N) is 1. The first-order valence-corrected chi connectivity index (χ1v) is 7.35. The fraction of sp³-hybridized carbons (Fsp3) is 0.571. The zero-order valence-electron chi connectivity index (χ0n) is 11.7. The molecule has 0 saturated heterocycles. The van der Waals surface area contributed by atoms with E-state index in [4.69, 9.17) is 17.3 Å². The Morgan fingerprint density at radius 2 is 2.25 bits per heavy atom. The molecule has 0 aromatic carbocycles. The number of halogens is 1. The maximum atomic E-state index is 12.0. The highest BCUT2D eigenvalue weighted by Crippen LogP contribution is 2.21. The Labute approximate surface area is 124 Å². The van der Waals surface area contributed by atoms with Crippen LogP contribution in [-0.2, 0) is 0 Å². The summed E-state index contributed by atoms with van der Waals surface area (Å²) in [5.41, 5.74) is 6.38. The smallest absolute Gasteiger partial charge is 0.254 e. The van der Waals surface area contributed by atoms with E-state index in [1.807, 2.05) is 0 Å². The highest BCUT2D eigenvalue weighted by Gasteiger charge is 2.19. The molecule has 1 aliphatic carbocycles. The lowest BCUT2D eigenvalue weighted by Crippen LogP contribution is -2.37. The SMILES string of the molecule is CN(CCNC(=O)c1cc(N)cnc1Cl)C1CCCC1. The van der Waals surface area contributed by atoms with Gasteiger partial charge in [0.2, 0.25) is 0 Å². The van der Waals surface area contributed by atoms with Crippen LogP contribution in [0.25, 0.3) is 0 Å². The molecule has 6 heteroatoms. The molecule has 3 N–H and O–H groups in total. The molecule has 1 amide bonds. The van der Waals surface area contributed by atoms with Gasteiger partial charge in [-0.05, 0) is 26.0 Å². The number of anilines is 1. The normalized spacial score (nSPS) is 15.8. The average Bonchev–Trinajstić information content (AvgIpc) is 2.95. The van der Waals surface area contributed by atoms with E-state index >= 15 is 0 Å². The first kappa shape index (κ1) is 15.1. The van der Waals surface area contributed by atoms with Crippen molar-refractivity contribution in [1.29, 1.82) is 0 Å². The zero-order valence-corrected chi connectivity index (χ0v) is 12.5. The molecule has 0 aliphatic heterocycles. The first-order valence-electron chi connectivity index (χ1n) is 6.97. The molecular formula is C14H21ClN4O.